The maximum atomic E-state index is 12.1. The first-order valence-electron chi connectivity index (χ1n) is 6.23. The average molecular weight is 268 g/mol. The van der Waals surface area contributed by atoms with Crippen LogP contribution in [0.1, 0.15) is 27.3 Å². The molecule has 0 bridgehead atoms. The highest BCUT2D eigenvalue weighted by Gasteiger charge is 2.11. The molecule has 1 amide bonds. The first-order chi connectivity index (χ1) is 9.61. The molecule has 5 nitrogen and oxygen atoms in total. The number of nitrogens with zero attached hydrogens (tertiary/aromatic N) is 1. The fourth-order valence-corrected chi connectivity index (χ4v) is 1.78. The second-order valence-electron chi connectivity index (χ2n) is 4.35. The number of nitrogens with two attached hydrogens (primary N) is 1. The van der Waals surface area contributed by atoms with Gasteiger partial charge in [0.05, 0.1) is 23.6 Å². The summed E-state index contributed by atoms with van der Waals surface area (Å²) in [5.41, 5.74) is 9.04. The van der Waals surface area contributed by atoms with E-state index in [1.807, 2.05) is 13.8 Å². The van der Waals surface area contributed by atoms with Gasteiger partial charge in [-0.2, -0.15) is 5.10 Å². The summed E-state index contributed by atoms with van der Waals surface area (Å²) in [6, 6.07) is 7.07. The first kappa shape index (κ1) is 13.8. The molecule has 0 radical (unpaired) electrons. The van der Waals surface area contributed by atoms with E-state index in [4.69, 9.17) is 5.73 Å². The number of benzene rings is 1. The Morgan fingerprint density at radius 1 is 1.35 bits per heavy atom. The number of amides is 1. The van der Waals surface area contributed by atoms with E-state index in [1.54, 1.807) is 24.3 Å². The molecule has 0 fully saturated rings. The summed E-state index contributed by atoms with van der Waals surface area (Å²) >= 11 is 0. The van der Waals surface area contributed by atoms with Crippen LogP contribution < -0.4 is 11.1 Å². The first-order valence-corrected chi connectivity index (χ1v) is 6.23. The van der Waals surface area contributed by atoms with Crippen LogP contribution in [0.4, 0.5) is 5.69 Å². The van der Waals surface area contributed by atoms with Crippen molar-refractivity contribution in [1.82, 2.24) is 10.2 Å². The summed E-state index contributed by atoms with van der Waals surface area (Å²) in [6.45, 7) is 4.02. The summed E-state index contributed by atoms with van der Waals surface area (Å²) in [5.74, 6) is 5.51. The Morgan fingerprint density at radius 2 is 2.05 bits per heavy atom. The number of carbonyl (C=O) groups is 1. The van der Waals surface area contributed by atoms with Crippen LogP contribution in [0.25, 0.3) is 0 Å². The van der Waals surface area contributed by atoms with Gasteiger partial charge in [0.1, 0.15) is 0 Å². The van der Waals surface area contributed by atoms with Crippen molar-refractivity contribution in [3.63, 3.8) is 0 Å². The van der Waals surface area contributed by atoms with Crippen LogP contribution in [-0.2, 0) is 0 Å². The van der Waals surface area contributed by atoms with Crippen molar-refractivity contribution >= 4 is 11.6 Å². The molecule has 102 valence electrons. The van der Waals surface area contributed by atoms with E-state index in [-0.39, 0.29) is 5.91 Å². The Hall–Kier alpha value is -2.58. The van der Waals surface area contributed by atoms with Crippen molar-refractivity contribution in [2.75, 3.05) is 11.9 Å². The largest absolute Gasteiger partial charge is 0.320 e. The molecule has 0 saturated heterocycles. The number of rotatable bonds is 2. The predicted octanol–water partition coefficient (Wildman–Crippen LogP) is 1.59. The fraction of sp³-hybridized carbons (Fsp3) is 0.200. The predicted molar refractivity (Wildman–Crippen MR) is 78.4 cm³/mol. The minimum Gasteiger partial charge on any atom is -0.320 e. The standard InChI is InChI=1S/C15H16N4O/c1-10-14(11(2)19-18-10)17-15(20)13-7-5-12(6-8-13)4-3-9-16/h5-8H,9,16H2,1-2H3,(H,17,20)(H,18,19). The van der Waals surface area contributed by atoms with Gasteiger partial charge in [-0.05, 0) is 38.1 Å². The lowest BCUT2D eigenvalue weighted by Crippen LogP contribution is -2.12. The zero-order valence-corrected chi connectivity index (χ0v) is 11.4. The van der Waals surface area contributed by atoms with Crippen molar-refractivity contribution in [2.45, 2.75) is 13.8 Å². The van der Waals surface area contributed by atoms with Crippen molar-refractivity contribution in [3.8, 4) is 11.8 Å². The molecular weight excluding hydrogens is 252 g/mol. The number of hydrogen-bond acceptors (Lipinski definition) is 3. The molecule has 2 rings (SSSR count). The second kappa shape index (κ2) is 6.04. The number of hydrogen-bond donors (Lipinski definition) is 3. The van der Waals surface area contributed by atoms with E-state index in [0.717, 1.165) is 22.6 Å². The van der Waals surface area contributed by atoms with Gasteiger partial charge in [0, 0.05) is 11.1 Å². The highest BCUT2D eigenvalue weighted by atomic mass is 16.1. The lowest BCUT2D eigenvalue weighted by Gasteiger charge is -2.05. The van der Waals surface area contributed by atoms with Gasteiger partial charge in [-0.25, -0.2) is 0 Å². The van der Waals surface area contributed by atoms with Gasteiger partial charge in [-0.3, -0.25) is 9.89 Å². The van der Waals surface area contributed by atoms with Gasteiger partial charge in [0.25, 0.3) is 5.91 Å². The lowest BCUT2D eigenvalue weighted by atomic mass is 10.1. The van der Waals surface area contributed by atoms with E-state index in [2.05, 4.69) is 27.4 Å². The Kier molecular flexibility index (Phi) is 4.18. The summed E-state index contributed by atoms with van der Waals surface area (Å²) in [6.07, 6.45) is 0. The third-order valence-electron chi connectivity index (χ3n) is 2.85. The molecular formula is C15H16N4O. The lowest BCUT2D eigenvalue weighted by molar-refractivity contribution is 0.102. The summed E-state index contributed by atoms with van der Waals surface area (Å²) in [7, 11) is 0. The number of aromatic nitrogens is 2. The third kappa shape index (κ3) is 3.05. The monoisotopic (exact) mass is 268 g/mol. The zero-order chi connectivity index (χ0) is 14.5. The highest BCUT2D eigenvalue weighted by Crippen LogP contribution is 2.17. The van der Waals surface area contributed by atoms with Crippen LogP contribution >= 0.6 is 0 Å². The van der Waals surface area contributed by atoms with E-state index in [0.29, 0.717) is 12.1 Å². The van der Waals surface area contributed by atoms with Gasteiger partial charge in [0.15, 0.2) is 0 Å². The molecule has 1 aromatic carbocycles. The fourth-order valence-electron chi connectivity index (χ4n) is 1.78. The Bertz CT molecular complexity index is 655. The molecule has 0 aliphatic rings. The van der Waals surface area contributed by atoms with Crippen molar-refractivity contribution < 1.29 is 4.79 Å². The molecule has 20 heavy (non-hydrogen) atoms. The molecule has 1 aromatic heterocycles. The number of carbonyl (C=O) groups excluding carboxylic acids is 1. The molecule has 1 heterocycles. The Labute approximate surface area is 117 Å². The molecule has 0 atom stereocenters. The van der Waals surface area contributed by atoms with Gasteiger partial charge in [-0.1, -0.05) is 11.8 Å². The highest BCUT2D eigenvalue weighted by molar-refractivity contribution is 6.04. The van der Waals surface area contributed by atoms with Crippen LogP contribution in [0.5, 0.6) is 0 Å². The van der Waals surface area contributed by atoms with Crippen LogP contribution in [-0.4, -0.2) is 22.6 Å². The van der Waals surface area contributed by atoms with Gasteiger partial charge in [0.2, 0.25) is 0 Å². The molecule has 0 unspecified atom stereocenters. The number of anilines is 1. The van der Waals surface area contributed by atoms with Crippen LogP contribution in [0.3, 0.4) is 0 Å². The van der Waals surface area contributed by atoms with Crippen molar-refractivity contribution in [2.24, 2.45) is 5.73 Å². The van der Waals surface area contributed by atoms with Crippen LogP contribution in [0, 0.1) is 25.7 Å². The molecule has 5 heteroatoms. The number of nitrogens with one attached hydrogen (secondary N) is 2. The minimum atomic E-state index is -0.170. The number of H-pyrrole nitrogens is 1. The average Bonchev–Trinajstić information content (AvgIpc) is 2.77. The van der Waals surface area contributed by atoms with E-state index in [1.165, 1.54) is 0 Å². The number of aromatic amines is 1. The number of aryl methyl sites for hydroxylation is 2. The molecule has 0 aliphatic heterocycles. The van der Waals surface area contributed by atoms with Crippen LogP contribution in [0.2, 0.25) is 0 Å². The van der Waals surface area contributed by atoms with E-state index < -0.39 is 0 Å². The molecule has 0 spiro atoms. The maximum Gasteiger partial charge on any atom is 0.255 e. The third-order valence-corrected chi connectivity index (χ3v) is 2.85. The quantitative estimate of drug-likeness (QED) is 0.723. The van der Waals surface area contributed by atoms with Gasteiger partial charge in [-0.15, -0.1) is 0 Å². The van der Waals surface area contributed by atoms with Gasteiger partial charge < -0.3 is 11.1 Å². The topological polar surface area (TPSA) is 83.8 Å². The Morgan fingerprint density at radius 3 is 2.60 bits per heavy atom. The smallest absolute Gasteiger partial charge is 0.255 e. The zero-order valence-electron chi connectivity index (χ0n) is 11.4. The molecule has 2 aromatic rings. The summed E-state index contributed by atoms with van der Waals surface area (Å²) < 4.78 is 0. The van der Waals surface area contributed by atoms with E-state index >= 15 is 0 Å². The summed E-state index contributed by atoms with van der Waals surface area (Å²) in [4.78, 5) is 12.1. The van der Waals surface area contributed by atoms with Crippen LogP contribution in [0.15, 0.2) is 24.3 Å². The second-order valence-corrected chi connectivity index (χ2v) is 4.35. The van der Waals surface area contributed by atoms with Crippen molar-refractivity contribution in [3.05, 3.63) is 46.8 Å². The Balaban J connectivity index is 2.14. The summed E-state index contributed by atoms with van der Waals surface area (Å²) in [5, 5.41) is 9.72. The maximum absolute atomic E-state index is 12.1. The molecule has 4 N–H and O–H groups in total. The SMILES string of the molecule is Cc1n[nH]c(C)c1NC(=O)c1ccc(C#CCN)cc1. The van der Waals surface area contributed by atoms with Crippen molar-refractivity contribution in [1.29, 1.82) is 0 Å². The molecule has 0 saturated carbocycles. The normalized spacial score (nSPS) is 9.75. The van der Waals surface area contributed by atoms with Gasteiger partial charge >= 0.3 is 0 Å². The van der Waals surface area contributed by atoms with E-state index in [9.17, 15) is 4.79 Å². The minimum absolute atomic E-state index is 0.170. The molecule has 0 aliphatic carbocycles.